The molecule has 2 N–H and O–H groups in total. The third-order valence-corrected chi connectivity index (χ3v) is 6.04. The normalized spacial score (nSPS) is 22.5. The quantitative estimate of drug-likeness (QED) is 0.601. The van der Waals surface area contributed by atoms with Crippen LogP contribution in [0, 0.1) is 17.2 Å². The second-order valence-electron chi connectivity index (χ2n) is 7.27. The molecule has 4 atom stereocenters. The summed E-state index contributed by atoms with van der Waals surface area (Å²) < 4.78 is 11.1. The Morgan fingerprint density at radius 3 is 2.71 bits per heavy atom. The SMILES string of the molecule is CCOc1cc(C2CCCCC2NC(C#N)(C(=O)O)C(C)CCl)ccc1OC. The van der Waals surface area contributed by atoms with Gasteiger partial charge in [0.25, 0.3) is 0 Å². The molecular weight excluding hydrogens is 380 g/mol. The summed E-state index contributed by atoms with van der Waals surface area (Å²) in [5.74, 6) is -0.217. The lowest BCUT2D eigenvalue weighted by molar-refractivity contribution is -0.144. The number of halogens is 1. The molecule has 0 radical (unpaired) electrons. The van der Waals surface area contributed by atoms with Crippen LogP contribution in [0.15, 0.2) is 18.2 Å². The topological polar surface area (TPSA) is 91.6 Å². The number of aliphatic carboxylic acids is 1. The van der Waals surface area contributed by atoms with Gasteiger partial charge in [0, 0.05) is 17.8 Å². The molecule has 1 aliphatic carbocycles. The van der Waals surface area contributed by atoms with Gasteiger partial charge in [0.15, 0.2) is 11.5 Å². The van der Waals surface area contributed by atoms with E-state index in [4.69, 9.17) is 21.1 Å². The maximum Gasteiger partial charge on any atom is 0.339 e. The third kappa shape index (κ3) is 4.53. The molecule has 4 unspecified atom stereocenters. The van der Waals surface area contributed by atoms with Gasteiger partial charge in [0.1, 0.15) is 0 Å². The molecule has 1 fully saturated rings. The number of ether oxygens (including phenoxy) is 2. The Morgan fingerprint density at radius 2 is 2.14 bits per heavy atom. The Hall–Kier alpha value is -1.97. The summed E-state index contributed by atoms with van der Waals surface area (Å²) in [4.78, 5) is 12.0. The second-order valence-corrected chi connectivity index (χ2v) is 7.57. The van der Waals surface area contributed by atoms with Gasteiger partial charge in [0.05, 0.1) is 19.8 Å². The summed E-state index contributed by atoms with van der Waals surface area (Å²) in [6, 6.07) is 7.69. The van der Waals surface area contributed by atoms with Crippen molar-refractivity contribution in [1.29, 1.82) is 5.26 Å². The van der Waals surface area contributed by atoms with Gasteiger partial charge < -0.3 is 14.6 Å². The molecule has 1 saturated carbocycles. The Morgan fingerprint density at radius 1 is 1.43 bits per heavy atom. The van der Waals surface area contributed by atoms with E-state index in [0.29, 0.717) is 18.1 Å². The van der Waals surface area contributed by atoms with Crippen molar-refractivity contribution in [3.05, 3.63) is 23.8 Å². The highest BCUT2D eigenvalue weighted by Gasteiger charge is 2.47. The average Bonchev–Trinajstić information content (AvgIpc) is 2.71. The number of benzene rings is 1. The first-order valence-electron chi connectivity index (χ1n) is 9.72. The predicted octanol–water partition coefficient (Wildman–Crippen LogP) is 3.93. The number of nitrogens with one attached hydrogen (secondary N) is 1. The summed E-state index contributed by atoms with van der Waals surface area (Å²) in [5.41, 5.74) is -0.658. The van der Waals surface area contributed by atoms with Crippen LogP contribution in [0.3, 0.4) is 0 Å². The number of rotatable bonds is 9. The first-order chi connectivity index (χ1) is 13.4. The third-order valence-electron chi connectivity index (χ3n) is 5.58. The number of carboxylic acid groups (broad SMARTS) is 1. The molecule has 0 spiro atoms. The molecule has 0 amide bonds. The van der Waals surface area contributed by atoms with E-state index in [2.05, 4.69) is 5.32 Å². The maximum absolute atomic E-state index is 12.0. The zero-order valence-corrected chi connectivity index (χ0v) is 17.5. The number of nitrogens with zero attached hydrogens (tertiary/aromatic N) is 1. The van der Waals surface area contributed by atoms with Crippen LogP contribution in [0.1, 0.15) is 51.0 Å². The van der Waals surface area contributed by atoms with Crippen LogP contribution in [0.5, 0.6) is 11.5 Å². The van der Waals surface area contributed by atoms with Gasteiger partial charge in [-0.1, -0.05) is 25.8 Å². The minimum atomic E-state index is -1.71. The molecule has 0 saturated heterocycles. The molecule has 0 aliphatic heterocycles. The summed E-state index contributed by atoms with van der Waals surface area (Å²) in [6.45, 7) is 4.13. The molecular formula is C21H29ClN2O4. The maximum atomic E-state index is 12.0. The summed E-state index contributed by atoms with van der Waals surface area (Å²) in [6.07, 6.45) is 3.74. The van der Waals surface area contributed by atoms with Crippen molar-refractivity contribution in [1.82, 2.24) is 5.32 Å². The van der Waals surface area contributed by atoms with E-state index in [0.717, 1.165) is 31.2 Å². The van der Waals surface area contributed by atoms with E-state index >= 15 is 0 Å². The first kappa shape index (κ1) is 22.3. The van der Waals surface area contributed by atoms with Crippen LogP contribution < -0.4 is 14.8 Å². The average molecular weight is 409 g/mol. The molecule has 1 aromatic rings. The number of carbonyl (C=O) groups is 1. The number of nitriles is 1. The van der Waals surface area contributed by atoms with Gasteiger partial charge in [-0.05, 0) is 43.4 Å². The van der Waals surface area contributed by atoms with Crippen LogP contribution in [0.4, 0.5) is 0 Å². The van der Waals surface area contributed by atoms with Gasteiger partial charge in [-0.25, -0.2) is 4.79 Å². The van der Waals surface area contributed by atoms with Crippen LogP contribution in [-0.2, 0) is 4.79 Å². The van der Waals surface area contributed by atoms with Crippen LogP contribution in [-0.4, -0.2) is 42.3 Å². The van der Waals surface area contributed by atoms with Crippen LogP contribution in [0.2, 0.25) is 0 Å². The lowest BCUT2D eigenvalue weighted by Gasteiger charge is -2.39. The molecule has 1 aromatic carbocycles. The van der Waals surface area contributed by atoms with Crippen LogP contribution in [0.25, 0.3) is 0 Å². The highest BCUT2D eigenvalue weighted by molar-refractivity contribution is 6.18. The highest BCUT2D eigenvalue weighted by Crippen LogP contribution is 2.39. The molecule has 1 aliphatic rings. The largest absolute Gasteiger partial charge is 0.493 e. The van der Waals surface area contributed by atoms with Crippen LogP contribution >= 0.6 is 11.6 Å². The monoisotopic (exact) mass is 408 g/mol. The van der Waals surface area contributed by atoms with E-state index in [-0.39, 0.29) is 17.8 Å². The number of hydrogen-bond acceptors (Lipinski definition) is 5. The molecule has 0 heterocycles. The van der Waals surface area contributed by atoms with Gasteiger partial charge in [-0.2, -0.15) is 5.26 Å². The molecule has 0 aromatic heterocycles. The van der Waals surface area contributed by atoms with Crippen molar-refractivity contribution in [2.45, 2.75) is 57.0 Å². The van der Waals surface area contributed by atoms with E-state index in [1.54, 1.807) is 14.0 Å². The summed E-state index contributed by atoms with van der Waals surface area (Å²) in [7, 11) is 1.60. The van der Waals surface area contributed by atoms with E-state index in [1.165, 1.54) is 0 Å². The minimum Gasteiger partial charge on any atom is -0.493 e. The number of hydrogen-bond donors (Lipinski definition) is 2. The Bertz CT molecular complexity index is 721. The van der Waals surface area contributed by atoms with Crippen molar-refractivity contribution in [2.75, 3.05) is 19.6 Å². The van der Waals surface area contributed by atoms with E-state index in [1.807, 2.05) is 31.2 Å². The standard InChI is InChI=1S/C21H29ClN2O4/c1-4-28-19-11-15(9-10-18(19)27-3)16-7-5-6-8-17(16)24-21(13-23,20(25)26)14(2)12-22/h9-11,14,16-17,24H,4-8,12H2,1-3H3,(H,25,26). The van der Waals surface area contributed by atoms with Crippen molar-refractivity contribution in [3.63, 3.8) is 0 Å². The Balaban J connectivity index is 2.37. The van der Waals surface area contributed by atoms with Crippen molar-refractivity contribution in [2.24, 2.45) is 5.92 Å². The van der Waals surface area contributed by atoms with E-state index < -0.39 is 17.4 Å². The van der Waals surface area contributed by atoms with Crippen molar-refractivity contribution >= 4 is 17.6 Å². The molecule has 6 nitrogen and oxygen atoms in total. The fourth-order valence-electron chi connectivity index (χ4n) is 3.91. The van der Waals surface area contributed by atoms with E-state index in [9.17, 15) is 15.2 Å². The van der Waals surface area contributed by atoms with Crippen molar-refractivity contribution < 1.29 is 19.4 Å². The van der Waals surface area contributed by atoms with Gasteiger partial charge >= 0.3 is 5.97 Å². The van der Waals surface area contributed by atoms with Gasteiger partial charge in [0.2, 0.25) is 5.54 Å². The zero-order valence-electron chi connectivity index (χ0n) is 16.7. The zero-order chi connectivity index (χ0) is 20.7. The van der Waals surface area contributed by atoms with Crippen molar-refractivity contribution in [3.8, 4) is 17.6 Å². The second kappa shape index (κ2) is 9.99. The fourth-order valence-corrected chi connectivity index (χ4v) is 4.14. The smallest absolute Gasteiger partial charge is 0.339 e. The molecule has 154 valence electrons. The fraction of sp³-hybridized carbons (Fsp3) is 0.619. The van der Waals surface area contributed by atoms with Gasteiger partial charge in [-0.3, -0.25) is 5.32 Å². The number of carboxylic acids is 1. The molecule has 0 bridgehead atoms. The molecule has 7 heteroatoms. The number of alkyl halides is 1. The first-order valence-corrected chi connectivity index (χ1v) is 10.3. The Labute approximate surface area is 171 Å². The molecule has 2 rings (SSSR count). The molecule has 28 heavy (non-hydrogen) atoms. The highest BCUT2D eigenvalue weighted by atomic mass is 35.5. The minimum absolute atomic E-state index is 0.0773. The lowest BCUT2D eigenvalue weighted by Crippen LogP contribution is -2.61. The Kier molecular flexibility index (Phi) is 7.97. The predicted molar refractivity (Wildman–Crippen MR) is 108 cm³/mol. The lowest BCUT2D eigenvalue weighted by atomic mass is 9.77. The number of methoxy groups -OCH3 is 1. The van der Waals surface area contributed by atoms with Gasteiger partial charge in [-0.15, -0.1) is 11.6 Å². The summed E-state index contributed by atoms with van der Waals surface area (Å²) >= 11 is 5.93. The summed E-state index contributed by atoms with van der Waals surface area (Å²) in [5, 5.41) is 22.7.